The van der Waals surface area contributed by atoms with Crippen molar-refractivity contribution in [2.75, 3.05) is 0 Å². The van der Waals surface area contributed by atoms with E-state index in [9.17, 15) is 13.2 Å². The molecule has 2 rings (SSSR count). The summed E-state index contributed by atoms with van der Waals surface area (Å²) in [4.78, 5) is 13.0. The minimum absolute atomic E-state index is 0.0954. The predicted octanol–water partition coefficient (Wildman–Crippen LogP) is 2.09. The summed E-state index contributed by atoms with van der Waals surface area (Å²) in [5.74, 6) is -0.365. The maximum Gasteiger partial charge on any atom is 0.252 e. The number of nitrogens with one attached hydrogen (secondary N) is 1. The van der Waals surface area contributed by atoms with E-state index in [1.165, 1.54) is 29.5 Å². The number of hydrogen-bond acceptors (Lipinski definition) is 4. The van der Waals surface area contributed by atoms with E-state index in [-0.39, 0.29) is 16.4 Å². The van der Waals surface area contributed by atoms with Crippen molar-refractivity contribution in [1.82, 2.24) is 5.32 Å². The van der Waals surface area contributed by atoms with Gasteiger partial charge >= 0.3 is 0 Å². The summed E-state index contributed by atoms with van der Waals surface area (Å²) in [6.07, 6.45) is 0. The van der Waals surface area contributed by atoms with E-state index >= 15 is 0 Å². The third kappa shape index (κ3) is 3.66. The predicted molar refractivity (Wildman–Crippen MR) is 81.0 cm³/mol. The molecule has 1 amide bonds. The number of hydrogen-bond donors (Lipinski definition) is 2. The minimum atomic E-state index is -3.83. The van der Waals surface area contributed by atoms with Gasteiger partial charge in [0, 0.05) is 9.35 Å². The molecule has 3 N–H and O–H groups in total. The Balaban J connectivity index is 2.21. The van der Waals surface area contributed by atoms with Crippen LogP contribution in [0.2, 0.25) is 0 Å². The first-order chi connectivity index (χ1) is 9.38. The number of carbonyl (C=O) groups is 1. The van der Waals surface area contributed by atoms with E-state index in [1.807, 2.05) is 17.5 Å². The fourth-order valence-corrected chi connectivity index (χ4v) is 3.14. The summed E-state index contributed by atoms with van der Waals surface area (Å²) in [5.41, 5.74) is 0.230. The molecule has 0 aliphatic rings. The molecule has 5 nitrogen and oxygen atoms in total. The van der Waals surface area contributed by atoms with Crippen molar-refractivity contribution < 1.29 is 13.2 Å². The average molecular weight is 375 g/mol. The molecule has 2 aromatic rings. The van der Waals surface area contributed by atoms with Crippen molar-refractivity contribution in [3.63, 3.8) is 0 Å². The van der Waals surface area contributed by atoms with Gasteiger partial charge in [0.1, 0.15) is 0 Å². The maximum absolute atomic E-state index is 12.1. The number of nitrogens with two attached hydrogens (primary N) is 1. The van der Waals surface area contributed by atoms with Crippen LogP contribution in [0.3, 0.4) is 0 Å². The zero-order valence-corrected chi connectivity index (χ0v) is 13.4. The summed E-state index contributed by atoms with van der Waals surface area (Å²) in [7, 11) is -3.83. The van der Waals surface area contributed by atoms with Gasteiger partial charge in [-0.2, -0.15) is 0 Å². The molecule has 0 saturated carbocycles. The number of halogens is 1. The van der Waals surface area contributed by atoms with Gasteiger partial charge in [-0.25, -0.2) is 13.6 Å². The number of benzene rings is 1. The van der Waals surface area contributed by atoms with Crippen molar-refractivity contribution in [2.45, 2.75) is 11.4 Å². The van der Waals surface area contributed by atoms with Crippen molar-refractivity contribution in [3.8, 4) is 0 Å². The van der Waals surface area contributed by atoms with Gasteiger partial charge < -0.3 is 5.32 Å². The van der Waals surface area contributed by atoms with Crippen LogP contribution >= 0.6 is 27.3 Å². The van der Waals surface area contributed by atoms with Crippen molar-refractivity contribution in [3.05, 3.63) is 50.6 Å². The number of amides is 1. The van der Waals surface area contributed by atoms with Crippen LogP contribution in [0.5, 0.6) is 0 Å². The second kappa shape index (κ2) is 6.04. The van der Waals surface area contributed by atoms with Crippen molar-refractivity contribution in [1.29, 1.82) is 0 Å². The lowest BCUT2D eigenvalue weighted by atomic mass is 10.2. The van der Waals surface area contributed by atoms with Crippen LogP contribution in [0, 0.1) is 0 Å². The average Bonchev–Trinajstić information content (AvgIpc) is 2.88. The van der Waals surface area contributed by atoms with Gasteiger partial charge in [0.05, 0.1) is 17.0 Å². The minimum Gasteiger partial charge on any atom is -0.347 e. The van der Waals surface area contributed by atoms with Gasteiger partial charge in [-0.15, -0.1) is 11.3 Å². The molecule has 20 heavy (non-hydrogen) atoms. The van der Waals surface area contributed by atoms with Crippen LogP contribution < -0.4 is 10.5 Å². The third-order valence-corrected chi connectivity index (χ3v) is 4.99. The summed E-state index contributed by atoms with van der Waals surface area (Å²) in [6.45, 7) is 0.391. The third-order valence-electron chi connectivity index (χ3n) is 2.51. The van der Waals surface area contributed by atoms with Gasteiger partial charge in [0.15, 0.2) is 0 Å². The second-order valence-corrected chi connectivity index (χ2v) is 7.40. The SMILES string of the molecule is NS(=O)(=O)c1ccc(Br)c(C(=O)NCc2cccs2)c1. The Labute approximate surface area is 129 Å². The molecule has 0 aliphatic carbocycles. The fourth-order valence-electron chi connectivity index (χ4n) is 1.53. The lowest BCUT2D eigenvalue weighted by Gasteiger charge is -2.07. The Hall–Kier alpha value is -1.22. The lowest BCUT2D eigenvalue weighted by Crippen LogP contribution is -2.23. The lowest BCUT2D eigenvalue weighted by molar-refractivity contribution is 0.0950. The monoisotopic (exact) mass is 374 g/mol. The first-order valence-corrected chi connectivity index (χ1v) is 8.73. The molecular formula is C12H11BrN2O3S2. The van der Waals surface area contributed by atoms with Crippen molar-refractivity contribution >= 4 is 43.2 Å². The van der Waals surface area contributed by atoms with E-state index in [0.717, 1.165) is 4.88 Å². The summed E-state index contributed by atoms with van der Waals surface area (Å²) in [6, 6.07) is 7.88. The Morgan fingerprint density at radius 2 is 2.10 bits per heavy atom. The maximum atomic E-state index is 12.1. The molecule has 0 atom stereocenters. The van der Waals surface area contributed by atoms with Crippen molar-refractivity contribution in [2.24, 2.45) is 5.14 Å². The highest BCUT2D eigenvalue weighted by molar-refractivity contribution is 9.10. The summed E-state index contributed by atoms with van der Waals surface area (Å²) < 4.78 is 23.1. The molecule has 106 valence electrons. The Morgan fingerprint density at radius 1 is 1.35 bits per heavy atom. The fraction of sp³-hybridized carbons (Fsp3) is 0.0833. The van der Waals surface area contributed by atoms with Crippen LogP contribution in [0.15, 0.2) is 45.1 Å². The summed E-state index contributed by atoms with van der Waals surface area (Å²) >= 11 is 4.75. The quantitative estimate of drug-likeness (QED) is 0.858. The van der Waals surface area contributed by atoms with Crippen LogP contribution in [0.4, 0.5) is 0 Å². The number of rotatable bonds is 4. The molecule has 1 aromatic heterocycles. The van der Waals surface area contributed by atoms with Crippen LogP contribution in [-0.2, 0) is 16.6 Å². The molecule has 0 spiro atoms. The molecule has 0 bridgehead atoms. The molecule has 0 aliphatic heterocycles. The van der Waals surface area contributed by atoms with E-state index in [1.54, 1.807) is 0 Å². The van der Waals surface area contributed by atoms with E-state index < -0.39 is 10.0 Å². The molecule has 0 saturated heterocycles. The van der Waals surface area contributed by atoms with E-state index in [4.69, 9.17) is 5.14 Å². The molecule has 0 fully saturated rings. The van der Waals surface area contributed by atoms with E-state index in [0.29, 0.717) is 11.0 Å². The number of thiophene rings is 1. The summed E-state index contributed by atoms with van der Waals surface area (Å²) in [5, 5.41) is 9.70. The molecule has 0 unspecified atom stereocenters. The number of carbonyl (C=O) groups excluding carboxylic acids is 1. The molecule has 1 heterocycles. The first-order valence-electron chi connectivity index (χ1n) is 5.51. The largest absolute Gasteiger partial charge is 0.347 e. The van der Waals surface area contributed by atoms with Gasteiger partial charge in [0.25, 0.3) is 5.91 Å². The second-order valence-electron chi connectivity index (χ2n) is 3.95. The van der Waals surface area contributed by atoms with Crippen LogP contribution in [0.1, 0.15) is 15.2 Å². The van der Waals surface area contributed by atoms with Gasteiger partial charge in [-0.1, -0.05) is 6.07 Å². The first kappa shape index (κ1) is 15.2. The highest BCUT2D eigenvalue weighted by atomic mass is 79.9. The van der Waals surface area contributed by atoms with Gasteiger partial charge in [-0.3, -0.25) is 4.79 Å². The Bertz CT molecular complexity index is 727. The zero-order chi connectivity index (χ0) is 14.8. The molecule has 0 radical (unpaired) electrons. The highest BCUT2D eigenvalue weighted by Gasteiger charge is 2.15. The topological polar surface area (TPSA) is 89.3 Å². The Kier molecular flexibility index (Phi) is 4.59. The smallest absolute Gasteiger partial charge is 0.252 e. The normalized spacial score (nSPS) is 11.3. The van der Waals surface area contributed by atoms with E-state index in [2.05, 4.69) is 21.2 Å². The standard InChI is InChI=1S/C12H11BrN2O3S2/c13-11-4-3-9(20(14,17)18)6-10(11)12(16)15-7-8-2-1-5-19-8/h1-6H,7H2,(H,15,16)(H2,14,17,18). The van der Waals surface area contributed by atoms with Crippen LogP contribution in [0.25, 0.3) is 0 Å². The number of primary sulfonamides is 1. The molecule has 1 aromatic carbocycles. The van der Waals surface area contributed by atoms with Crippen LogP contribution in [-0.4, -0.2) is 14.3 Å². The zero-order valence-electron chi connectivity index (χ0n) is 10.2. The molecule has 8 heteroatoms. The van der Waals surface area contributed by atoms with Gasteiger partial charge in [-0.05, 0) is 45.6 Å². The highest BCUT2D eigenvalue weighted by Crippen LogP contribution is 2.20. The molecular weight excluding hydrogens is 364 g/mol. The Morgan fingerprint density at radius 3 is 2.70 bits per heavy atom. The van der Waals surface area contributed by atoms with Gasteiger partial charge in [0.2, 0.25) is 10.0 Å². The number of sulfonamides is 1.